The van der Waals surface area contributed by atoms with Crippen LogP contribution in [0.25, 0.3) is 0 Å². The van der Waals surface area contributed by atoms with Gasteiger partial charge in [-0.2, -0.15) is 0 Å². The summed E-state index contributed by atoms with van der Waals surface area (Å²) in [5.41, 5.74) is 6.66. The number of amides is 3. The molecule has 2 N–H and O–H groups in total. The maximum absolute atomic E-state index is 14.0. The fourth-order valence-corrected chi connectivity index (χ4v) is 8.91. The standard InChI is InChI=1S/C47H56N4O7S/c1-4-50(41(52)26-27-42(53)58-5-2)28-29-51(38-24-25-38)31-34-12-9-13-36(30-34)44(54)49-46-43(39-14-6-7-15-40(39)59-46)45(55)48-37-22-18-33(19-23-37)11-8-10-32-16-20-35(21-17-32)47(56)57-3/h9,12-13,16-23,30,38H,4-8,10-11,14-15,24-29,31H2,1-3H3,(H,48,55)(H,49,54). The fraction of sp³-hybridized carbons (Fsp3) is 0.426. The molecule has 0 radical (unpaired) electrons. The van der Waals surface area contributed by atoms with E-state index in [9.17, 15) is 24.0 Å². The van der Waals surface area contributed by atoms with Crippen LogP contribution in [0.2, 0.25) is 0 Å². The van der Waals surface area contributed by atoms with Gasteiger partial charge in [-0.25, -0.2) is 4.79 Å². The second-order valence-corrected chi connectivity index (χ2v) is 16.3. The lowest BCUT2D eigenvalue weighted by atomic mass is 9.95. The van der Waals surface area contributed by atoms with Crippen molar-refractivity contribution >= 4 is 51.7 Å². The summed E-state index contributed by atoms with van der Waals surface area (Å²) < 4.78 is 9.77. The zero-order chi connectivity index (χ0) is 41.7. The minimum absolute atomic E-state index is 0.0541. The minimum atomic E-state index is -0.354. The number of nitrogens with one attached hydrogen (secondary N) is 2. The van der Waals surface area contributed by atoms with Gasteiger partial charge < -0.3 is 25.0 Å². The van der Waals surface area contributed by atoms with E-state index in [0.29, 0.717) is 66.2 Å². The van der Waals surface area contributed by atoms with Crippen LogP contribution in [-0.4, -0.2) is 78.9 Å². The molecule has 4 aromatic rings. The monoisotopic (exact) mass is 820 g/mol. The van der Waals surface area contributed by atoms with Crippen LogP contribution in [0.1, 0.15) is 117 Å². The van der Waals surface area contributed by atoms with Crippen LogP contribution in [0.3, 0.4) is 0 Å². The number of aryl methyl sites for hydroxylation is 3. The van der Waals surface area contributed by atoms with E-state index in [2.05, 4.69) is 15.5 Å². The molecule has 12 heteroatoms. The molecule has 0 saturated heterocycles. The van der Waals surface area contributed by atoms with Crippen LogP contribution in [0.4, 0.5) is 10.7 Å². The molecule has 2 aliphatic rings. The Bertz CT molecular complexity index is 2090. The number of rotatable bonds is 20. The highest BCUT2D eigenvalue weighted by molar-refractivity contribution is 7.17. The Hall–Kier alpha value is -5.33. The molecule has 6 rings (SSSR count). The van der Waals surface area contributed by atoms with Gasteiger partial charge in [-0.3, -0.25) is 24.1 Å². The molecule has 2 aliphatic carbocycles. The summed E-state index contributed by atoms with van der Waals surface area (Å²) in [4.78, 5) is 69.5. The first-order chi connectivity index (χ1) is 28.6. The molecule has 0 bridgehead atoms. The summed E-state index contributed by atoms with van der Waals surface area (Å²) >= 11 is 1.50. The van der Waals surface area contributed by atoms with Crippen molar-refractivity contribution in [2.24, 2.45) is 0 Å². The molecule has 1 heterocycles. The Kier molecular flexibility index (Phi) is 15.5. The number of nitrogens with zero attached hydrogens (tertiary/aromatic N) is 2. The van der Waals surface area contributed by atoms with Gasteiger partial charge in [0.1, 0.15) is 5.00 Å². The zero-order valence-corrected chi connectivity index (χ0v) is 35.3. The van der Waals surface area contributed by atoms with Crippen LogP contribution in [-0.2, 0) is 51.3 Å². The SMILES string of the molecule is CCOC(=O)CCC(=O)N(CC)CCN(Cc1cccc(C(=O)Nc2sc3c(c2C(=O)Nc2ccc(CCCc4ccc(C(=O)OC)cc4)cc2)CCCC3)c1)C1CC1. The molecular weight excluding hydrogens is 765 g/mol. The maximum atomic E-state index is 14.0. The third kappa shape index (κ3) is 12.1. The predicted octanol–water partition coefficient (Wildman–Crippen LogP) is 8.25. The molecule has 3 amide bonds. The molecule has 0 aliphatic heterocycles. The Morgan fingerprint density at radius 3 is 2.17 bits per heavy atom. The summed E-state index contributed by atoms with van der Waals surface area (Å²) in [6.45, 7) is 6.47. The largest absolute Gasteiger partial charge is 0.466 e. The van der Waals surface area contributed by atoms with E-state index in [0.717, 1.165) is 79.4 Å². The van der Waals surface area contributed by atoms with Crippen molar-refractivity contribution in [3.05, 3.63) is 117 Å². The molecule has 1 saturated carbocycles. The lowest BCUT2D eigenvalue weighted by Gasteiger charge is -2.27. The first-order valence-corrected chi connectivity index (χ1v) is 21.8. The van der Waals surface area contributed by atoms with Crippen LogP contribution < -0.4 is 10.6 Å². The Labute approximate surface area is 351 Å². The van der Waals surface area contributed by atoms with Crippen molar-refractivity contribution in [1.29, 1.82) is 0 Å². The van der Waals surface area contributed by atoms with Crippen molar-refractivity contribution < 1.29 is 33.4 Å². The summed E-state index contributed by atoms with van der Waals surface area (Å²) in [6.07, 6.45) is 8.85. The van der Waals surface area contributed by atoms with E-state index in [-0.39, 0.29) is 42.5 Å². The second kappa shape index (κ2) is 21.1. The van der Waals surface area contributed by atoms with Gasteiger partial charge in [-0.05, 0) is 130 Å². The van der Waals surface area contributed by atoms with Gasteiger partial charge >= 0.3 is 11.9 Å². The van der Waals surface area contributed by atoms with E-state index in [1.54, 1.807) is 30.0 Å². The van der Waals surface area contributed by atoms with Crippen molar-refractivity contribution in [1.82, 2.24) is 9.80 Å². The van der Waals surface area contributed by atoms with Gasteiger partial charge in [0.2, 0.25) is 5.91 Å². The zero-order valence-electron chi connectivity index (χ0n) is 34.5. The van der Waals surface area contributed by atoms with E-state index in [1.807, 2.05) is 61.5 Å². The Morgan fingerprint density at radius 1 is 0.780 bits per heavy atom. The van der Waals surface area contributed by atoms with Crippen molar-refractivity contribution in [2.45, 2.75) is 97.1 Å². The smallest absolute Gasteiger partial charge is 0.337 e. The van der Waals surface area contributed by atoms with Crippen LogP contribution in [0.15, 0.2) is 72.8 Å². The van der Waals surface area contributed by atoms with Crippen LogP contribution in [0.5, 0.6) is 0 Å². The molecule has 59 heavy (non-hydrogen) atoms. The predicted molar refractivity (Wildman–Crippen MR) is 231 cm³/mol. The first kappa shape index (κ1) is 43.3. The first-order valence-electron chi connectivity index (χ1n) is 21.0. The summed E-state index contributed by atoms with van der Waals surface area (Å²) in [6, 6.07) is 23.5. The normalized spacial score (nSPS) is 13.4. The van der Waals surface area contributed by atoms with Crippen molar-refractivity contribution in [3.63, 3.8) is 0 Å². The average molecular weight is 821 g/mol. The highest BCUT2D eigenvalue weighted by Gasteiger charge is 2.30. The van der Waals surface area contributed by atoms with E-state index in [1.165, 1.54) is 24.0 Å². The van der Waals surface area contributed by atoms with Gasteiger partial charge in [-0.15, -0.1) is 11.3 Å². The molecule has 0 unspecified atom stereocenters. The van der Waals surface area contributed by atoms with Gasteiger partial charge in [0, 0.05) is 54.8 Å². The number of esters is 2. The maximum Gasteiger partial charge on any atom is 0.337 e. The number of carbonyl (C=O) groups excluding carboxylic acids is 5. The number of likely N-dealkylation sites (N-methyl/N-ethyl adjacent to an activating group) is 1. The number of ether oxygens (including phenoxy) is 2. The molecular formula is C47H56N4O7S. The van der Waals surface area contributed by atoms with Crippen LogP contribution >= 0.6 is 11.3 Å². The fourth-order valence-electron chi connectivity index (χ4n) is 7.62. The number of thiophene rings is 1. The highest BCUT2D eigenvalue weighted by atomic mass is 32.1. The molecule has 1 aromatic heterocycles. The number of anilines is 2. The van der Waals surface area contributed by atoms with E-state index < -0.39 is 0 Å². The second-order valence-electron chi connectivity index (χ2n) is 15.2. The minimum Gasteiger partial charge on any atom is -0.466 e. The lowest BCUT2D eigenvalue weighted by Crippen LogP contribution is -2.39. The van der Waals surface area contributed by atoms with Gasteiger partial charge in [0.25, 0.3) is 11.8 Å². The van der Waals surface area contributed by atoms with Crippen molar-refractivity contribution in [3.8, 4) is 0 Å². The third-order valence-corrected chi connectivity index (χ3v) is 12.2. The Morgan fingerprint density at radius 2 is 1.49 bits per heavy atom. The molecule has 0 atom stereocenters. The Balaban J connectivity index is 1.05. The molecule has 11 nitrogen and oxygen atoms in total. The molecule has 312 valence electrons. The number of methoxy groups -OCH3 is 1. The number of benzene rings is 3. The van der Waals surface area contributed by atoms with Crippen LogP contribution in [0, 0.1) is 0 Å². The third-order valence-electron chi connectivity index (χ3n) is 11.0. The summed E-state index contributed by atoms with van der Waals surface area (Å²) in [5, 5.41) is 6.79. The quantitative estimate of drug-likeness (QED) is 0.0852. The van der Waals surface area contributed by atoms with Gasteiger partial charge in [0.05, 0.1) is 31.3 Å². The molecule has 1 fully saturated rings. The van der Waals surface area contributed by atoms with Crippen molar-refractivity contribution in [2.75, 3.05) is 44.0 Å². The van der Waals surface area contributed by atoms with E-state index in [4.69, 9.17) is 9.47 Å². The summed E-state index contributed by atoms with van der Waals surface area (Å²) in [5.74, 6) is -1.23. The summed E-state index contributed by atoms with van der Waals surface area (Å²) in [7, 11) is 1.38. The number of fused-ring (bicyclic) bond motifs is 1. The van der Waals surface area contributed by atoms with E-state index >= 15 is 0 Å². The number of carbonyl (C=O) groups is 5. The average Bonchev–Trinajstić information content (AvgIpc) is 4.04. The lowest BCUT2D eigenvalue weighted by molar-refractivity contribution is -0.145. The van der Waals surface area contributed by atoms with Gasteiger partial charge in [-0.1, -0.05) is 36.4 Å². The topological polar surface area (TPSA) is 134 Å². The molecule has 3 aromatic carbocycles. The number of hydrogen-bond acceptors (Lipinski definition) is 9. The highest BCUT2D eigenvalue weighted by Crippen LogP contribution is 2.39. The van der Waals surface area contributed by atoms with Gasteiger partial charge in [0.15, 0.2) is 0 Å². The molecule has 0 spiro atoms. The number of hydrogen-bond donors (Lipinski definition) is 2.